The molecule has 4 heteroatoms. The van der Waals surface area contributed by atoms with E-state index in [1.54, 1.807) is 0 Å². The van der Waals surface area contributed by atoms with E-state index < -0.39 is 0 Å². The molecule has 0 aliphatic rings. The lowest BCUT2D eigenvalue weighted by atomic mass is 10.1. The van der Waals surface area contributed by atoms with Crippen molar-refractivity contribution < 1.29 is 4.79 Å². The Bertz CT molecular complexity index is 575. The van der Waals surface area contributed by atoms with Crippen LogP contribution >= 0.6 is 11.3 Å². The molecule has 0 fully saturated rings. The minimum atomic E-state index is -0.0404. The van der Waals surface area contributed by atoms with Gasteiger partial charge in [0.05, 0.1) is 10.7 Å². The van der Waals surface area contributed by atoms with Gasteiger partial charge >= 0.3 is 0 Å². The topological polar surface area (TPSA) is 42.0 Å². The van der Waals surface area contributed by atoms with E-state index >= 15 is 0 Å². The van der Waals surface area contributed by atoms with Crippen molar-refractivity contribution >= 4 is 17.2 Å². The number of aryl methyl sites for hydroxylation is 3. The zero-order valence-corrected chi connectivity index (χ0v) is 11.6. The highest BCUT2D eigenvalue weighted by Crippen LogP contribution is 2.17. The molecule has 0 unspecified atom stereocenters. The molecule has 1 N–H and O–H groups in total. The zero-order valence-electron chi connectivity index (χ0n) is 10.8. The lowest BCUT2D eigenvalue weighted by Crippen LogP contribution is -2.22. The fraction of sp³-hybridized carbons (Fsp3) is 0.286. The summed E-state index contributed by atoms with van der Waals surface area (Å²) in [6, 6.07) is 8.05. The van der Waals surface area contributed by atoms with E-state index in [1.807, 2.05) is 45.0 Å². The third-order valence-electron chi connectivity index (χ3n) is 2.81. The molecule has 0 saturated carbocycles. The first-order chi connectivity index (χ1) is 8.58. The van der Waals surface area contributed by atoms with Crippen LogP contribution in [0.3, 0.4) is 0 Å². The molecule has 0 spiro atoms. The molecule has 94 valence electrons. The van der Waals surface area contributed by atoms with Gasteiger partial charge in [-0.15, -0.1) is 11.3 Å². The Hall–Kier alpha value is -1.68. The van der Waals surface area contributed by atoms with Crippen LogP contribution in [0.5, 0.6) is 0 Å². The van der Waals surface area contributed by atoms with E-state index in [4.69, 9.17) is 0 Å². The van der Waals surface area contributed by atoms with Gasteiger partial charge in [0.1, 0.15) is 4.88 Å². The van der Waals surface area contributed by atoms with Gasteiger partial charge in [-0.3, -0.25) is 4.79 Å². The number of hydrogen-bond acceptors (Lipinski definition) is 3. The summed E-state index contributed by atoms with van der Waals surface area (Å²) in [4.78, 5) is 17.0. The Balaban J connectivity index is 2.05. The first kappa shape index (κ1) is 12.8. The van der Waals surface area contributed by atoms with Crippen LogP contribution in [0.1, 0.15) is 31.5 Å². The van der Waals surface area contributed by atoms with Crippen molar-refractivity contribution in [3.05, 3.63) is 51.0 Å². The maximum Gasteiger partial charge on any atom is 0.263 e. The Morgan fingerprint density at radius 2 is 2.00 bits per heavy atom. The molecule has 2 aromatic rings. The summed E-state index contributed by atoms with van der Waals surface area (Å²) in [6.07, 6.45) is 0. The number of aromatic nitrogens is 1. The van der Waals surface area contributed by atoms with E-state index in [-0.39, 0.29) is 5.91 Å². The van der Waals surface area contributed by atoms with Crippen molar-refractivity contribution in [2.24, 2.45) is 0 Å². The third-order valence-corrected chi connectivity index (χ3v) is 3.88. The van der Waals surface area contributed by atoms with Gasteiger partial charge in [0.25, 0.3) is 5.91 Å². The number of hydrogen-bond donors (Lipinski definition) is 1. The Kier molecular flexibility index (Phi) is 3.77. The summed E-state index contributed by atoms with van der Waals surface area (Å²) in [5, 5.41) is 3.87. The van der Waals surface area contributed by atoms with Crippen molar-refractivity contribution in [3.63, 3.8) is 0 Å². The Morgan fingerprint density at radius 1 is 1.28 bits per heavy atom. The van der Waals surface area contributed by atoms with Gasteiger partial charge in [-0.25, -0.2) is 4.98 Å². The molecule has 1 amide bonds. The second kappa shape index (κ2) is 5.31. The average molecular weight is 260 g/mol. The highest BCUT2D eigenvalue weighted by Gasteiger charge is 2.13. The summed E-state index contributed by atoms with van der Waals surface area (Å²) in [5.74, 6) is -0.0404. The predicted octanol–water partition coefficient (Wildman–Crippen LogP) is 3.00. The van der Waals surface area contributed by atoms with Crippen LogP contribution in [0.2, 0.25) is 0 Å². The minimum Gasteiger partial charge on any atom is -0.347 e. The van der Waals surface area contributed by atoms with Crippen LogP contribution in [0.4, 0.5) is 0 Å². The van der Waals surface area contributed by atoms with Gasteiger partial charge in [-0.05, 0) is 31.9 Å². The molecule has 0 saturated heterocycles. The summed E-state index contributed by atoms with van der Waals surface area (Å²) in [6.45, 7) is 6.38. The SMILES string of the molecule is Cc1nc(C)c(C(=O)NCc2ccccc2C)s1. The van der Waals surface area contributed by atoms with Crippen molar-refractivity contribution in [1.82, 2.24) is 10.3 Å². The van der Waals surface area contributed by atoms with Crippen LogP contribution in [0, 0.1) is 20.8 Å². The molecular weight excluding hydrogens is 244 g/mol. The van der Waals surface area contributed by atoms with Gasteiger partial charge in [0.15, 0.2) is 0 Å². The molecule has 1 aromatic carbocycles. The van der Waals surface area contributed by atoms with E-state index in [0.29, 0.717) is 11.4 Å². The third kappa shape index (κ3) is 2.76. The number of carbonyl (C=O) groups is 1. The van der Waals surface area contributed by atoms with E-state index in [0.717, 1.165) is 16.3 Å². The molecule has 0 atom stereocenters. The number of amides is 1. The maximum absolute atomic E-state index is 12.0. The number of thiazole rings is 1. The second-order valence-corrected chi connectivity index (χ2v) is 5.46. The largest absolute Gasteiger partial charge is 0.347 e. The average Bonchev–Trinajstić information content (AvgIpc) is 2.67. The molecule has 0 aliphatic carbocycles. The van der Waals surface area contributed by atoms with E-state index in [9.17, 15) is 4.79 Å². The molecule has 3 nitrogen and oxygen atoms in total. The maximum atomic E-state index is 12.0. The number of carbonyl (C=O) groups excluding carboxylic acids is 1. The molecule has 1 aromatic heterocycles. The van der Waals surface area contributed by atoms with Gasteiger partial charge in [0.2, 0.25) is 0 Å². The highest BCUT2D eigenvalue weighted by atomic mass is 32.1. The first-order valence-corrected chi connectivity index (χ1v) is 6.66. The van der Waals surface area contributed by atoms with Gasteiger partial charge in [-0.1, -0.05) is 24.3 Å². The first-order valence-electron chi connectivity index (χ1n) is 5.84. The minimum absolute atomic E-state index is 0.0404. The van der Waals surface area contributed by atoms with Crippen molar-refractivity contribution in [1.29, 1.82) is 0 Å². The summed E-state index contributed by atoms with van der Waals surface area (Å²) >= 11 is 1.44. The smallest absolute Gasteiger partial charge is 0.263 e. The molecule has 2 rings (SSSR count). The van der Waals surface area contributed by atoms with Crippen molar-refractivity contribution in [3.8, 4) is 0 Å². The molecule has 0 radical (unpaired) electrons. The standard InChI is InChI=1S/C14H16N2OS/c1-9-6-4-5-7-12(9)8-15-14(17)13-10(2)16-11(3)18-13/h4-7H,8H2,1-3H3,(H,15,17). The van der Waals surface area contributed by atoms with Crippen molar-refractivity contribution in [2.75, 3.05) is 0 Å². The summed E-state index contributed by atoms with van der Waals surface area (Å²) < 4.78 is 0. The Labute approximate surface area is 111 Å². The highest BCUT2D eigenvalue weighted by molar-refractivity contribution is 7.13. The molecular formula is C14H16N2OS. The quantitative estimate of drug-likeness (QED) is 0.921. The summed E-state index contributed by atoms with van der Waals surface area (Å²) in [5.41, 5.74) is 3.14. The lowest BCUT2D eigenvalue weighted by molar-refractivity contribution is 0.0954. The van der Waals surface area contributed by atoms with Gasteiger partial charge in [-0.2, -0.15) is 0 Å². The van der Waals surface area contributed by atoms with E-state index in [2.05, 4.69) is 10.3 Å². The molecule has 1 heterocycles. The number of nitrogens with zero attached hydrogens (tertiary/aromatic N) is 1. The normalized spacial score (nSPS) is 10.4. The fourth-order valence-corrected chi connectivity index (χ4v) is 2.64. The molecule has 0 aliphatic heterocycles. The van der Waals surface area contributed by atoms with Crippen molar-refractivity contribution in [2.45, 2.75) is 27.3 Å². The fourth-order valence-electron chi connectivity index (χ4n) is 1.81. The second-order valence-electron chi connectivity index (χ2n) is 4.26. The number of rotatable bonds is 3. The van der Waals surface area contributed by atoms with Crippen LogP contribution in [0.15, 0.2) is 24.3 Å². The Morgan fingerprint density at radius 3 is 2.61 bits per heavy atom. The van der Waals surface area contributed by atoms with Crippen LogP contribution in [0.25, 0.3) is 0 Å². The molecule has 18 heavy (non-hydrogen) atoms. The number of nitrogens with one attached hydrogen (secondary N) is 1. The van der Waals surface area contributed by atoms with Crippen LogP contribution in [-0.2, 0) is 6.54 Å². The monoisotopic (exact) mass is 260 g/mol. The van der Waals surface area contributed by atoms with Gasteiger partial charge in [0, 0.05) is 6.54 Å². The van der Waals surface area contributed by atoms with E-state index in [1.165, 1.54) is 16.9 Å². The van der Waals surface area contributed by atoms with Gasteiger partial charge < -0.3 is 5.32 Å². The zero-order chi connectivity index (χ0) is 13.1. The predicted molar refractivity (Wildman–Crippen MR) is 73.9 cm³/mol. The number of benzene rings is 1. The van der Waals surface area contributed by atoms with Crippen LogP contribution in [-0.4, -0.2) is 10.9 Å². The van der Waals surface area contributed by atoms with Crippen LogP contribution < -0.4 is 5.32 Å². The lowest BCUT2D eigenvalue weighted by Gasteiger charge is -2.06. The summed E-state index contributed by atoms with van der Waals surface area (Å²) in [7, 11) is 0. The molecule has 0 bridgehead atoms.